The van der Waals surface area contributed by atoms with E-state index in [1.54, 1.807) is 0 Å². The summed E-state index contributed by atoms with van der Waals surface area (Å²) in [6.07, 6.45) is 8.60. The smallest absolute Gasteiger partial charge is 0.236 e. The summed E-state index contributed by atoms with van der Waals surface area (Å²) in [5, 5.41) is 9.99. The Morgan fingerprint density at radius 1 is 1.07 bits per heavy atom. The lowest BCUT2D eigenvalue weighted by molar-refractivity contribution is -0.354. The summed E-state index contributed by atoms with van der Waals surface area (Å²) >= 11 is 0. The minimum Gasteiger partial charge on any atom is -0.393 e. The minimum absolute atomic E-state index is 0.0655. The average Bonchev–Trinajstić information content (AvgIpc) is 2.72. The van der Waals surface area contributed by atoms with E-state index < -0.39 is 0 Å². The molecule has 3 rings (SSSR count). The van der Waals surface area contributed by atoms with Gasteiger partial charge >= 0.3 is 0 Å². The first kappa shape index (κ1) is 23.9. The lowest BCUT2D eigenvalue weighted by atomic mass is 9.78. The van der Waals surface area contributed by atoms with Crippen molar-refractivity contribution in [3.63, 3.8) is 0 Å². The fraction of sp³-hybridized carbons (Fsp3) is 0.957. The largest absolute Gasteiger partial charge is 0.393 e. The van der Waals surface area contributed by atoms with Gasteiger partial charge in [-0.1, -0.05) is 6.92 Å². The van der Waals surface area contributed by atoms with E-state index in [9.17, 15) is 9.90 Å². The zero-order valence-corrected chi connectivity index (χ0v) is 19.0. The van der Waals surface area contributed by atoms with E-state index in [-0.39, 0.29) is 30.8 Å². The van der Waals surface area contributed by atoms with E-state index in [0.29, 0.717) is 17.8 Å². The molecule has 0 spiro atoms. The highest BCUT2D eigenvalue weighted by molar-refractivity contribution is 5.78. The molecule has 1 heterocycles. The van der Waals surface area contributed by atoms with Crippen molar-refractivity contribution in [2.24, 2.45) is 23.5 Å². The van der Waals surface area contributed by atoms with Crippen molar-refractivity contribution in [1.29, 1.82) is 0 Å². The summed E-state index contributed by atoms with van der Waals surface area (Å²) in [6.45, 7) is 9.08. The van der Waals surface area contributed by atoms with E-state index in [4.69, 9.17) is 15.5 Å². The van der Waals surface area contributed by atoms with E-state index in [1.165, 1.54) is 19.3 Å². The second-order valence-electron chi connectivity index (χ2n) is 10.1. The summed E-state index contributed by atoms with van der Waals surface area (Å²) in [5.74, 6) is 1.92. The maximum absolute atomic E-state index is 11.7. The Labute approximate surface area is 182 Å². The van der Waals surface area contributed by atoms with Gasteiger partial charge < -0.3 is 15.7 Å². The van der Waals surface area contributed by atoms with Crippen LogP contribution in [0.25, 0.3) is 0 Å². The van der Waals surface area contributed by atoms with Crippen molar-refractivity contribution in [1.82, 2.24) is 9.80 Å². The maximum atomic E-state index is 11.7. The Morgan fingerprint density at radius 2 is 1.77 bits per heavy atom. The van der Waals surface area contributed by atoms with Gasteiger partial charge in [-0.2, -0.15) is 0 Å². The number of carbonyl (C=O) groups excluding carboxylic acids is 1. The van der Waals surface area contributed by atoms with Crippen molar-refractivity contribution in [2.75, 3.05) is 39.3 Å². The van der Waals surface area contributed by atoms with E-state index in [1.807, 2.05) is 4.90 Å². The van der Waals surface area contributed by atoms with Crippen LogP contribution in [0, 0.1) is 17.8 Å². The van der Waals surface area contributed by atoms with Crippen LogP contribution in [0.1, 0.15) is 65.2 Å². The number of carbonyl (C=O) groups is 1. The number of aliphatic hydroxyl groups is 1. The fourth-order valence-electron chi connectivity index (χ4n) is 5.67. The first-order chi connectivity index (χ1) is 14.4. The zero-order valence-electron chi connectivity index (χ0n) is 19.0. The van der Waals surface area contributed by atoms with Gasteiger partial charge in [0.25, 0.3) is 0 Å². The number of hydrogen-bond donors (Lipinski definition) is 2. The van der Waals surface area contributed by atoms with Gasteiger partial charge in [0.15, 0.2) is 0 Å². The van der Waals surface area contributed by atoms with Crippen molar-refractivity contribution >= 4 is 5.91 Å². The van der Waals surface area contributed by atoms with Crippen LogP contribution in [-0.2, 0) is 14.6 Å². The van der Waals surface area contributed by atoms with Gasteiger partial charge in [0.05, 0.1) is 24.9 Å². The first-order valence-electron chi connectivity index (χ1n) is 12.1. The number of piperazine rings is 1. The number of aliphatic hydroxyl groups excluding tert-OH is 1. The monoisotopic (exact) mass is 425 g/mol. The summed E-state index contributed by atoms with van der Waals surface area (Å²) in [5.41, 5.74) is 5.46. The SMILES string of the molecule is CC1CC(O)CC(CC(C)OOC2CCC(CN3CCN(C(=O)CN)CC3)CC2)C1. The number of hydrogen-bond acceptors (Lipinski definition) is 6. The average molecular weight is 426 g/mol. The Kier molecular flexibility index (Phi) is 9.38. The van der Waals surface area contributed by atoms with Crippen molar-refractivity contribution in [3.05, 3.63) is 0 Å². The molecule has 1 amide bonds. The van der Waals surface area contributed by atoms with Crippen LogP contribution in [0.4, 0.5) is 0 Å². The minimum atomic E-state index is -0.147. The molecule has 3 aliphatic rings. The predicted molar refractivity (Wildman–Crippen MR) is 117 cm³/mol. The van der Waals surface area contributed by atoms with Crippen molar-refractivity contribution in [3.8, 4) is 0 Å². The third kappa shape index (κ3) is 7.45. The van der Waals surface area contributed by atoms with Gasteiger partial charge in [0.2, 0.25) is 5.91 Å². The highest BCUT2D eigenvalue weighted by Gasteiger charge is 2.29. The summed E-state index contributed by atoms with van der Waals surface area (Å²) in [6, 6.07) is 0. The van der Waals surface area contributed by atoms with E-state index in [0.717, 1.165) is 64.8 Å². The molecule has 30 heavy (non-hydrogen) atoms. The number of nitrogens with zero attached hydrogens (tertiary/aromatic N) is 2. The van der Waals surface area contributed by atoms with Crippen LogP contribution in [-0.4, -0.2) is 78.4 Å². The molecule has 4 unspecified atom stereocenters. The third-order valence-corrected chi connectivity index (χ3v) is 7.25. The Balaban J connectivity index is 1.27. The fourth-order valence-corrected chi connectivity index (χ4v) is 5.67. The predicted octanol–water partition coefficient (Wildman–Crippen LogP) is 2.17. The molecular weight excluding hydrogens is 382 g/mol. The standard InChI is InChI=1S/C23H43N3O4/c1-17-11-20(14-21(27)12-17)13-18(2)29-30-22-5-3-19(4-6-22)16-25-7-9-26(10-8-25)23(28)15-24/h17-22,27H,3-16,24H2,1-2H3. The molecular formula is C23H43N3O4. The van der Waals surface area contributed by atoms with E-state index in [2.05, 4.69) is 18.7 Å². The Bertz CT molecular complexity index is 509. The van der Waals surface area contributed by atoms with Gasteiger partial charge in [0, 0.05) is 32.7 Å². The quantitative estimate of drug-likeness (QED) is 0.458. The summed E-state index contributed by atoms with van der Waals surface area (Å²) in [7, 11) is 0. The van der Waals surface area contributed by atoms with Gasteiger partial charge in [-0.15, -0.1) is 0 Å². The molecule has 0 radical (unpaired) electrons. The second-order valence-corrected chi connectivity index (χ2v) is 10.1. The topological polar surface area (TPSA) is 88.3 Å². The molecule has 174 valence electrons. The number of rotatable bonds is 8. The molecule has 7 nitrogen and oxygen atoms in total. The van der Waals surface area contributed by atoms with Gasteiger partial charge in [-0.05, 0) is 76.0 Å². The van der Waals surface area contributed by atoms with Crippen LogP contribution in [0.2, 0.25) is 0 Å². The molecule has 0 aromatic carbocycles. The first-order valence-corrected chi connectivity index (χ1v) is 12.1. The molecule has 2 aliphatic carbocycles. The molecule has 3 fully saturated rings. The number of nitrogens with two attached hydrogens (primary N) is 1. The highest BCUT2D eigenvalue weighted by Crippen LogP contribution is 2.33. The molecule has 0 aromatic heterocycles. The zero-order chi connectivity index (χ0) is 21.5. The van der Waals surface area contributed by atoms with Crippen LogP contribution in [0.3, 0.4) is 0 Å². The maximum Gasteiger partial charge on any atom is 0.236 e. The molecule has 0 aromatic rings. The summed E-state index contributed by atoms with van der Waals surface area (Å²) in [4.78, 5) is 27.6. The van der Waals surface area contributed by atoms with Crippen LogP contribution in [0.15, 0.2) is 0 Å². The normalized spacial score (nSPS) is 34.7. The number of amides is 1. The van der Waals surface area contributed by atoms with Gasteiger partial charge in [0.1, 0.15) is 0 Å². The van der Waals surface area contributed by atoms with Gasteiger partial charge in [-0.3, -0.25) is 9.69 Å². The van der Waals surface area contributed by atoms with Crippen LogP contribution < -0.4 is 5.73 Å². The Hall–Kier alpha value is -0.730. The highest BCUT2D eigenvalue weighted by atomic mass is 17.2. The van der Waals surface area contributed by atoms with Crippen LogP contribution in [0.5, 0.6) is 0 Å². The van der Waals surface area contributed by atoms with Crippen LogP contribution >= 0.6 is 0 Å². The third-order valence-electron chi connectivity index (χ3n) is 7.25. The second kappa shape index (κ2) is 11.8. The summed E-state index contributed by atoms with van der Waals surface area (Å²) < 4.78 is 0. The lowest BCUT2D eigenvalue weighted by Crippen LogP contribution is -2.51. The molecule has 1 aliphatic heterocycles. The van der Waals surface area contributed by atoms with Gasteiger partial charge in [-0.25, -0.2) is 9.78 Å². The molecule has 4 atom stereocenters. The molecule has 1 saturated heterocycles. The van der Waals surface area contributed by atoms with E-state index >= 15 is 0 Å². The molecule has 2 saturated carbocycles. The van der Waals surface area contributed by atoms with Crippen molar-refractivity contribution < 1.29 is 19.7 Å². The Morgan fingerprint density at radius 3 is 2.40 bits per heavy atom. The lowest BCUT2D eigenvalue weighted by Gasteiger charge is -2.38. The molecule has 0 bridgehead atoms. The molecule has 7 heteroatoms. The molecule has 3 N–H and O–H groups in total. The van der Waals surface area contributed by atoms with Crippen molar-refractivity contribution in [2.45, 2.75) is 83.5 Å².